The Morgan fingerprint density at radius 1 is 1.41 bits per heavy atom. The van der Waals surface area contributed by atoms with Gasteiger partial charge in [-0.2, -0.15) is 10.1 Å². The summed E-state index contributed by atoms with van der Waals surface area (Å²) < 4.78 is 18.0. The van der Waals surface area contributed by atoms with Crippen LogP contribution in [0.25, 0.3) is 0 Å². The predicted octanol–water partition coefficient (Wildman–Crippen LogP) is 1.96. The predicted molar refractivity (Wildman–Crippen MR) is 83.6 cm³/mol. The average Bonchev–Trinajstić information content (AvgIpc) is 2.92. The SMILES string of the molecule is COc1ccnc(C2CC3=C(CCC4=C3NN=CC4)[S+]2[O-])n1. The molecule has 0 fully saturated rings. The molecule has 0 amide bonds. The van der Waals surface area contributed by atoms with Crippen LogP contribution in [0.5, 0.6) is 5.88 Å². The second kappa shape index (κ2) is 5.40. The molecule has 0 spiro atoms. The third-order valence-corrected chi connectivity index (χ3v) is 6.12. The van der Waals surface area contributed by atoms with Crippen molar-refractivity contribution in [3.05, 3.63) is 39.8 Å². The molecule has 0 saturated carbocycles. The van der Waals surface area contributed by atoms with Crippen molar-refractivity contribution in [1.82, 2.24) is 15.4 Å². The standard InChI is InChI=1S/C15H16N4O2S/c1-21-13-5-6-16-15(18-13)12-8-10-11(22(12)20)3-2-9-4-7-17-19-14(9)10/h5-7,12,19H,2-4,8H2,1H3. The van der Waals surface area contributed by atoms with E-state index in [1.54, 1.807) is 19.4 Å². The Balaban J connectivity index is 1.66. The van der Waals surface area contributed by atoms with Crippen LogP contribution in [0.2, 0.25) is 0 Å². The third-order valence-electron chi connectivity index (χ3n) is 4.29. The molecule has 2 aliphatic heterocycles. The average molecular weight is 316 g/mol. The molecule has 1 aromatic rings. The summed E-state index contributed by atoms with van der Waals surface area (Å²) in [7, 11) is 1.57. The van der Waals surface area contributed by atoms with Crippen LogP contribution in [0.15, 0.2) is 39.1 Å². The minimum Gasteiger partial charge on any atom is -0.611 e. The minimum atomic E-state index is -1.08. The summed E-state index contributed by atoms with van der Waals surface area (Å²) >= 11 is -1.08. The maximum Gasteiger partial charge on any atom is 0.216 e. The molecule has 0 radical (unpaired) electrons. The van der Waals surface area contributed by atoms with Gasteiger partial charge in [0, 0.05) is 43.3 Å². The van der Waals surface area contributed by atoms with Gasteiger partial charge in [-0.3, -0.25) is 5.43 Å². The van der Waals surface area contributed by atoms with Crippen molar-refractivity contribution in [2.45, 2.75) is 30.9 Å². The van der Waals surface area contributed by atoms with E-state index >= 15 is 0 Å². The number of aromatic nitrogens is 2. The molecular weight excluding hydrogens is 300 g/mol. The highest BCUT2D eigenvalue weighted by molar-refractivity contribution is 7.95. The van der Waals surface area contributed by atoms with E-state index in [9.17, 15) is 4.55 Å². The summed E-state index contributed by atoms with van der Waals surface area (Å²) in [5.41, 5.74) is 6.68. The van der Waals surface area contributed by atoms with Gasteiger partial charge < -0.3 is 9.29 Å². The highest BCUT2D eigenvalue weighted by Gasteiger charge is 2.44. The smallest absolute Gasteiger partial charge is 0.216 e. The molecule has 1 aromatic heterocycles. The number of fused-ring (bicyclic) bond motifs is 1. The number of hydrogen-bond acceptors (Lipinski definition) is 6. The maximum atomic E-state index is 12.9. The van der Waals surface area contributed by atoms with Crippen LogP contribution in [0.1, 0.15) is 36.8 Å². The van der Waals surface area contributed by atoms with Crippen molar-refractivity contribution in [1.29, 1.82) is 0 Å². The molecule has 114 valence electrons. The van der Waals surface area contributed by atoms with Crippen LogP contribution in [-0.4, -0.2) is 27.8 Å². The van der Waals surface area contributed by atoms with E-state index in [2.05, 4.69) is 20.5 Å². The van der Waals surface area contributed by atoms with E-state index in [-0.39, 0.29) is 5.25 Å². The van der Waals surface area contributed by atoms with Crippen molar-refractivity contribution in [3.8, 4) is 5.88 Å². The Morgan fingerprint density at radius 3 is 3.18 bits per heavy atom. The highest BCUT2D eigenvalue weighted by Crippen LogP contribution is 2.48. The topological polar surface area (TPSA) is 82.5 Å². The summed E-state index contributed by atoms with van der Waals surface area (Å²) in [4.78, 5) is 9.70. The van der Waals surface area contributed by atoms with Crippen molar-refractivity contribution >= 4 is 17.4 Å². The summed E-state index contributed by atoms with van der Waals surface area (Å²) in [6.07, 6.45) is 6.92. The lowest BCUT2D eigenvalue weighted by Gasteiger charge is -2.22. The fourth-order valence-corrected chi connectivity index (χ4v) is 4.89. The molecule has 4 rings (SSSR count). The van der Waals surface area contributed by atoms with Crippen molar-refractivity contribution in [2.24, 2.45) is 5.10 Å². The van der Waals surface area contributed by atoms with Crippen molar-refractivity contribution in [2.75, 3.05) is 7.11 Å². The van der Waals surface area contributed by atoms with Crippen molar-refractivity contribution < 1.29 is 9.29 Å². The molecule has 2 unspecified atom stereocenters. The molecule has 7 heteroatoms. The zero-order valence-electron chi connectivity index (χ0n) is 12.2. The second-order valence-corrected chi connectivity index (χ2v) is 7.11. The first-order valence-corrected chi connectivity index (χ1v) is 8.48. The Bertz CT molecular complexity index is 713. The van der Waals surface area contributed by atoms with E-state index in [1.165, 1.54) is 5.57 Å². The lowest BCUT2D eigenvalue weighted by Crippen LogP contribution is -2.19. The van der Waals surface area contributed by atoms with Crippen LogP contribution in [0.3, 0.4) is 0 Å². The molecule has 0 bridgehead atoms. The summed E-state index contributed by atoms with van der Waals surface area (Å²) in [6.45, 7) is 0. The highest BCUT2D eigenvalue weighted by atomic mass is 32.2. The van der Waals surface area contributed by atoms with Gasteiger partial charge in [0.25, 0.3) is 0 Å². The largest absolute Gasteiger partial charge is 0.611 e. The van der Waals surface area contributed by atoms with Gasteiger partial charge in [-0.15, -0.1) is 0 Å². The van der Waals surface area contributed by atoms with Crippen LogP contribution in [-0.2, 0) is 11.2 Å². The summed E-state index contributed by atoms with van der Waals surface area (Å²) in [5.74, 6) is 1.10. The van der Waals surface area contributed by atoms with E-state index in [1.807, 2.05) is 6.21 Å². The number of ether oxygens (including phenoxy) is 1. The van der Waals surface area contributed by atoms with Gasteiger partial charge in [-0.05, 0) is 23.2 Å². The van der Waals surface area contributed by atoms with E-state index in [4.69, 9.17) is 4.74 Å². The zero-order valence-corrected chi connectivity index (χ0v) is 13.0. The molecular formula is C15H16N4O2S. The van der Waals surface area contributed by atoms with Crippen LogP contribution in [0, 0.1) is 0 Å². The van der Waals surface area contributed by atoms with Gasteiger partial charge in [-0.25, -0.2) is 4.98 Å². The number of rotatable bonds is 2. The molecule has 1 aliphatic carbocycles. The van der Waals surface area contributed by atoms with Crippen LogP contribution >= 0.6 is 0 Å². The van der Waals surface area contributed by atoms with Gasteiger partial charge in [0.2, 0.25) is 5.88 Å². The second-order valence-electron chi connectivity index (χ2n) is 5.46. The lowest BCUT2D eigenvalue weighted by molar-refractivity contribution is 0.394. The number of nitrogens with one attached hydrogen (secondary N) is 1. The Morgan fingerprint density at radius 2 is 2.32 bits per heavy atom. The molecule has 0 aromatic carbocycles. The fraction of sp³-hybridized carbons (Fsp3) is 0.400. The van der Waals surface area contributed by atoms with E-state index < -0.39 is 11.2 Å². The monoisotopic (exact) mass is 316 g/mol. The lowest BCUT2D eigenvalue weighted by atomic mass is 9.91. The molecule has 22 heavy (non-hydrogen) atoms. The number of hydrazone groups is 1. The molecule has 6 nitrogen and oxygen atoms in total. The number of allylic oxidation sites excluding steroid dienone is 3. The number of hydrogen-bond donors (Lipinski definition) is 1. The molecule has 1 N–H and O–H groups in total. The van der Waals surface area contributed by atoms with E-state index in [0.29, 0.717) is 18.1 Å². The molecule has 3 heterocycles. The third kappa shape index (κ3) is 2.12. The Kier molecular flexibility index (Phi) is 3.38. The quantitative estimate of drug-likeness (QED) is 0.843. The van der Waals surface area contributed by atoms with Gasteiger partial charge >= 0.3 is 0 Å². The Labute approximate surface area is 131 Å². The molecule has 0 saturated heterocycles. The van der Waals surface area contributed by atoms with Gasteiger partial charge in [0.1, 0.15) is 4.91 Å². The van der Waals surface area contributed by atoms with E-state index in [0.717, 1.165) is 35.4 Å². The summed E-state index contributed by atoms with van der Waals surface area (Å²) in [6, 6.07) is 1.70. The van der Waals surface area contributed by atoms with Gasteiger partial charge in [-0.1, -0.05) is 0 Å². The maximum absolute atomic E-state index is 12.9. The van der Waals surface area contributed by atoms with Crippen molar-refractivity contribution in [3.63, 3.8) is 0 Å². The first-order chi connectivity index (χ1) is 10.8. The normalized spacial score (nSPS) is 26.6. The summed E-state index contributed by atoms with van der Waals surface area (Å²) in [5, 5.41) is 3.96. The number of nitrogens with zero attached hydrogens (tertiary/aromatic N) is 3. The fourth-order valence-electron chi connectivity index (χ4n) is 3.19. The first kappa shape index (κ1) is 13.8. The van der Waals surface area contributed by atoms with Crippen LogP contribution < -0.4 is 10.2 Å². The van der Waals surface area contributed by atoms with Gasteiger partial charge in [0.15, 0.2) is 11.1 Å². The van der Waals surface area contributed by atoms with Gasteiger partial charge in [0.05, 0.1) is 12.8 Å². The molecule has 3 aliphatic rings. The molecule has 2 atom stereocenters. The van der Waals surface area contributed by atoms with Crippen LogP contribution in [0.4, 0.5) is 0 Å². The first-order valence-electron chi connectivity index (χ1n) is 7.27. The zero-order chi connectivity index (χ0) is 15.1. The Hall–Kier alpha value is -1.86. The number of methoxy groups -OCH3 is 1. The minimum absolute atomic E-state index is 0.195.